The van der Waals surface area contributed by atoms with E-state index in [-0.39, 0.29) is 6.67 Å². The van der Waals surface area contributed by atoms with Gasteiger partial charge in [-0.05, 0) is 32.4 Å². The first-order valence-corrected chi connectivity index (χ1v) is 10.9. The Hall–Kier alpha value is -2.43. The van der Waals surface area contributed by atoms with E-state index in [2.05, 4.69) is 30.3 Å². The van der Waals surface area contributed by atoms with Crippen molar-refractivity contribution in [3.05, 3.63) is 23.6 Å². The third-order valence-corrected chi connectivity index (χ3v) is 5.66. The van der Waals surface area contributed by atoms with Gasteiger partial charge in [-0.1, -0.05) is 11.6 Å². The Kier molecular flexibility index (Phi) is 7.21. The van der Waals surface area contributed by atoms with E-state index in [1.807, 2.05) is 13.0 Å². The molecule has 0 aromatic carbocycles. The molecule has 3 aromatic rings. The summed E-state index contributed by atoms with van der Waals surface area (Å²) in [7, 11) is 0. The maximum atomic E-state index is 12.8. The van der Waals surface area contributed by atoms with Crippen molar-refractivity contribution in [3.8, 4) is 5.88 Å². The summed E-state index contributed by atoms with van der Waals surface area (Å²) >= 11 is 6.51. The van der Waals surface area contributed by atoms with E-state index in [9.17, 15) is 4.39 Å². The molecule has 0 spiro atoms. The summed E-state index contributed by atoms with van der Waals surface area (Å²) in [5.41, 5.74) is 1.31. The minimum atomic E-state index is -0.335. The van der Waals surface area contributed by atoms with E-state index in [1.165, 1.54) is 0 Å². The van der Waals surface area contributed by atoms with Crippen LogP contribution in [0.15, 0.2) is 18.5 Å². The molecular weight excluding hydrogens is 425 g/mol. The average Bonchev–Trinajstić information content (AvgIpc) is 3.32. The molecular formula is C20H27ClFN7O2. The van der Waals surface area contributed by atoms with Crippen molar-refractivity contribution in [2.24, 2.45) is 0 Å². The summed E-state index contributed by atoms with van der Waals surface area (Å²) in [5, 5.41) is 8.81. The van der Waals surface area contributed by atoms with Crippen LogP contribution in [0.25, 0.3) is 11.0 Å². The van der Waals surface area contributed by atoms with E-state index < -0.39 is 0 Å². The van der Waals surface area contributed by atoms with E-state index >= 15 is 0 Å². The summed E-state index contributed by atoms with van der Waals surface area (Å²) in [6, 6.07) is 2.22. The van der Waals surface area contributed by atoms with E-state index in [1.54, 1.807) is 17.1 Å². The van der Waals surface area contributed by atoms with Crippen LogP contribution in [0.5, 0.6) is 5.88 Å². The maximum Gasteiger partial charge on any atom is 0.232 e. The van der Waals surface area contributed by atoms with Crippen molar-refractivity contribution in [1.29, 1.82) is 0 Å². The van der Waals surface area contributed by atoms with Gasteiger partial charge in [-0.25, -0.2) is 4.39 Å². The molecule has 4 rings (SSSR count). The first-order chi connectivity index (χ1) is 15.2. The largest absolute Gasteiger partial charge is 0.477 e. The number of anilines is 2. The third kappa shape index (κ3) is 5.08. The average molecular weight is 452 g/mol. The molecule has 1 aliphatic rings. The van der Waals surface area contributed by atoms with Gasteiger partial charge in [-0.2, -0.15) is 15.1 Å². The van der Waals surface area contributed by atoms with Crippen LogP contribution in [0.3, 0.4) is 0 Å². The standard InChI is InChI=1S/C20H27ClFN7O2/c1-2-31-19-15-5-7-23-18(15)26-20(27-19)25-16-11-24-29(17(16)21)9-4-3-8-28(10-6-22)14-12-30-13-14/h5,7,11,14H,2-4,6,8-10,12-13H2,1H3,(H2,23,25,26,27). The molecule has 0 radical (unpaired) electrons. The molecule has 0 unspecified atom stereocenters. The highest BCUT2D eigenvalue weighted by atomic mass is 35.5. The molecule has 0 saturated carbocycles. The molecule has 3 aromatic heterocycles. The highest BCUT2D eigenvalue weighted by Crippen LogP contribution is 2.28. The fourth-order valence-electron chi connectivity index (χ4n) is 3.54. The molecule has 1 aliphatic heterocycles. The van der Waals surface area contributed by atoms with Gasteiger partial charge in [0.1, 0.15) is 12.3 Å². The van der Waals surface area contributed by atoms with Crippen molar-refractivity contribution in [3.63, 3.8) is 0 Å². The highest BCUT2D eigenvalue weighted by molar-refractivity contribution is 6.32. The van der Waals surface area contributed by atoms with E-state index in [0.717, 1.165) is 24.8 Å². The number of ether oxygens (including phenoxy) is 2. The number of unbranched alkanes of at least 4 members (excludes halogenated alkanes) is 1. The fourth-order valence-corrected chi connectivity index (χ4v) is 3.77. The van der Waals surface area contributed by atoms with Crippen molar-refractivity contribution < 1.29 is 13.9 Å². The second kappa shape index (κ2) is 10.3. The summed E-state index contributed by atoms with van der Waals surface area (Å²) in [6.45, 7) is 5.44. The van der Waals surface area contributed by atoms with Crippen molar-refractivity contribution in [2.45, 2.75) is 32.4 Å². The molecule has 168 valence electrons. The SMILES string of the molecule is CCOc1nc(Nc2cnn(CCCCN(CCF)C3COC3)c2Cl)nc2[nH]ccc12. The van der Waals surface area contributed by atoms with Crippen LogP contribution in [0, 0.1) is 0 Å². The molecule has 0 atom stereocenters. The molecule has 11 heteroatoms. The molecule has 0 amide bonds. The van der Waals surface area contributed by atoms with E-state index in [4.69, 9.17) is 21.1 Å². The number of nitrogens with one attached hydrogen (secondary N) is 2. The van der Waals surface area contributed by atoms with Crippen LogP contribution in [-0.4, -0.2) is 75.3 Å². The summed E-state index contributed by atoms with van der Waals surface area (Å²) in [6.07, 6.45) is 5.27. The van der Waals surface area contributed by atoms with Crippen molar-refractivity contribution >= 4 is 34.3 Å². The number of halogens is 2. The fraction of sp³-hybridized carbons (Fsp3) is 0.550. The number of H-pyrrole nitrogens is 1. The Morgan fingerprint density at radius 3 is 2.97 bits per heavy atom. The summed E-state index contributed by atoms with van der Waals surface area (Å²) in [4.78, 5) is 14.1. The lowest BCUT2D eigenvalue weighted by Crippen LogP contribution is -2.50. The number of aromatic nitrogens is 5. The monoisotopic (exact) mass is 451 g/mol. The number of hydrogen-bond donors (Lipinski definition) is 2. The molecule has 2 N–H and O–H groups in total. The zero-order valence-corrected chi connectivity index (χ0v) is 18.2. The second-order valence-corrected chi connectivity index (χ2v) is 7.70. The summed E-state index contributed by atoms with van der Waals surface area (Å²) < 4.78 is 25.4. The number of rotatable bonds is 12. The Bertz CT molecular complexity index is 991. The van der Waals surface area contributed by atoms with Gasteiger partial charge in [0, 0.05) is 19.3 Å². The van der Waals surface area contributed by atoms with Gasteiger partial charge in [0.15, 0.2) is 5.15 Å². The van der Waals surface area contributed by atoms with Crippen LogP contribution in [0.1, 0.15) is 19.8 Å². The van der Waals surface area contributed by atoms with Crippen molar-refractivity contribution in [2.75, 3.05) is 44.9 Å². The second-order valence-electron chi connectivity index (χ2n) is 7.35. The van der Waals surface area contributed by atoms with Crippen LogP contribution in [0.4, 0.5) is 16.0 Å². The topological polar surface area (TPSA) is 93.1 Å². The number of alkyl halides is 1. The minimum Gasteiger partial charge on any atom is -0.477 e. The number of fused-ring (bicyclic) bond motifs is 1. The third-order valence-electron chi connectivity index (χ3n) is 5.26. The Morgan fingerprint density at radius 1 is 1.35 bits per heavy atom. The molecule has 1 saturated heterocycles. The molecule has 0 bridgehead atoms. The smallest absolute Gasteiger partial charge is 0.232 e. The van der Waals surface area contributed by atoms with Crippen LogP contribution in [0.2, 0.25) is 5.15 Å². The van der Waals surface area contributed by atoms with Gasteiger partial charge in [-0.3, -0.25) is 9.58 Å². The Balaban J connectivity index is 1.34. The van der Waals surface area contributed by atoms with Gasteiger partial charge in [0.2, 0.25) is 11.8 Å². The lowest BCUT2D eigenvalue weighted by molar-refractivity contribution is -0.0664. The molecule has 1 fully saturated rings. The van der Waals surface area contributed by atoms with E-state index in [0.29, 0.717) is 67.3 Å². The zero-order valence-electron chi connectivity index (χ0n) is 17.5. The van der Waals surface area contributed by atoms with Gasteiger partial charge in [-0.15, -0.1) is 0 Å². The van der Waals surface area contributed by atoms with Crippen LogP contribution in [-0.2, 0) is 11.3 Å². The first-order valence-electron chi connectivity index (χ1n) is 10.5. The normalized spacial score (nSPS) is 14.3. The number of hydrogen-bond acceptors (Lipinski definition) is 7. The number of aromatic amines is 1. The number of nitrogens with zero attached hydrogens (tertiary/aromatic N) is 5. The van der Waals surface area contributed by atoms with Crippen LogP contribution < -0.4 is 10.1 Å². The maximum absolute atomic E-state index is 12.8. The van der Waals surface area contributed by atoms with Gasteiger partial charge in [0.05, 0.1) is 43.1 Å². The predicted octanol–water partition coefficient (Wildman–Crippen LogP) is 3.40. The Morgan fingerprint density at radius 2 is 2.23 bits per heavy atom. The molecule has 9 nitrogen and oxygen atoms in total. The number of aryl methyl sites for hydroxylation is 1. The van der Waals surface area contributed by atoms with Gasteiger partial charge in [0.25, 0.3) is 0 Å². The Labute approximate surface area is 184 Å². The first kappa shape index (κ1) is 21.8. The predicted molar refractivity (Wildman–Crippen MR) is 117 cm³/mol. The lowest BCUT2D eigenvalue weighted by atomic mass is 10.2. The molecule has 0 aliphatic carbocycles. The zero-order chi connectivity index (χ0) is 21.6. The van der Waals surface area contributed by atoms with Gasteiger partial charge >= 0.3 is 0 Å². The molecule has 31 heavy (non-hydrogen) atoms. The summed E-state index contributed by atoms with van der Waals surface area (Å²) in [5.74, 6) is 0.888. The molecule has 4 heterocycles. The van der Waals surface area contributed by atoms with Gasteiger partial charge < -0.3 is 19.8 Å². The van der Waals surface area contributed by atoms with Crippen molar-refractivity contribution in [1.82, 2.24) is 29.6 Å². The lowest BCUT2D eigenvalue weighted by Gasteiger charge is -2.36. The highest BCUT2D eigenvalue weighted by Gasteiger charge is 2.25. The minimum absolute atomic E-state index is 0.335. The quantitative estimate of drug-likeness (QED) is 0.407. The van der Waals surface area contributed by atoms with Crippen LogP contribution >= 0.6 is 11.6 Å².